The smallest absolute Gasteiger partial charge is 0.417 e. The number of benzene rings is 1. The van der Waals surface area contributed by atoms with Crippen LogP contribution in [0.5, 0.6) is 0 Å². The first-order valence-electron chi connectivity index (χ1n) is 11.0. The Bertz CT molecular complexity index is 1340. The second-order valence-corrected chi connectivity index (χ2v) is 8.61. The van der Waals surface area contributed by atoms with Gasteiger partial charge in [0.15, 0.2) is 5.82 Å². The number of ether oxygens (including phenoxy) is 1. The molecule has 1 fully saturated rings. The normalized spacial score (nSPS) is 18.3. The van der Waals surface area contributed by atoms with E-state index in [0.717, 1.165) is 47.6 Å². The molecule has 0 unspecified atom stereocenters. The van der Waals surface area contributed by atoms with Crippen LogP contribution in [-0.2, 0) is 24.1 Å². The van der Waals surface area contributed by atoms with Gasteiger partial charge in [-0.3, -0.25) is 4.90 Å². The third kappa shape index (κ3) is 4.38. The second-order valence-electron chi connectivity index (χ2n) is 8.61. The molecule has 2 aliphatic heterocycles. The first-order chi connectivity index (χ1) is 16.7. The minimum absolute atomic E-state index is 0.00806. The van der Waals surface area contributed by atoms with E-state index in [1.54, 1.807) is 12.4 Å². The third-order valence-corrected chi connectivity index (χ3v) is 6.44. The van der Waals surface area contributed by atoms with Crippen molar-refractivity contribution in [2.75, 3.05) is 19.6 Å². The summed E-state index contributed by atoms with van der Waals surface area (Å²) in [6.07, 6.45) is -0.495. The summed E-state index contributed by atoms with van der Waals surface area (Å²) in [6, 6.07) is 6.21. The van der Waals surface area contributed by atoms with Crippen molar-refractivity contribution in [2.45, 2.75) is 32.3 Å². The van der Waals surface area contributed by atoms with Gasteiger partial charge < -0.3 is 10.1 Å². The van der Waals surface area contributed by atoms with E-state index in [1.165, 1.54) is 10.8 Å². The number of nitrogens with zero attached hydrogens (tertiary/aromatic N) is 5. The molecule has 1 aromatic carbocycles. The number of cyclic esters (lactones) is 1. The maximum atomic E-state index is 13.3. The zero-order valence-corrected chi connectivity index (χ0v) is 18.8. The lowest BCUT2D eigenvalue weighted by atomic mass is 9.93. The fourth-order valence-electron chi connectivity index (χ4n) is 4.63. The van der Waals surface area contributed by atoms with Crippen LogP contribution in [0.15, 0.2) is 36.8 Å². The molecule has 1 atom stereocenters. The number of piperazine rings is 1. The van der Waals surface area contributed by atoms with Crippen molar-refractivity contribution >= 4 is 5.97 Å². The molecule has 11 heteroatoms. The Hall–Kier alpha value is -3.75. The van der Waals surface area contributed by atoms with Crippen LogP contribution in [0.3, 0.4) is 0 Å². The molecule has 1 N–H and O–H groups in total. The number of halogens is 3. The van der Waals surface area contributed by atoms with E-state index in [4.69, 9.17) is 10.00 Å². The number of nitrogens with one attached hydrogen (secondary N) is 1. The maximum Gasteiger partial charge on any atom is 0.417 e. The molecule has 0 amide bonds. The molecule has 0 aliphatic carbocycles. The van der Waals surface area contributed by atoms with Gasteiger partial charge in [-0.1, -0.05) is 6.07 Å². The van der Waals surface area contributed by atoms with E-state index in [0.29, 0.717) is 25.3 Å². The van der Waals surface area contributed by atoms with Crippen LogP contribution in [-0.4, -0.2) is 45.3 Å². The number of hydrogen-bond donors (Lipinski definition) is 1. The van der Waals surface area contributed by atoms with Gasteiger partial charge in [-0.2, -0.15) is 23.5 Å². The summed E-state index contributed by atoms with van der Waals surface area (Å²) < 4.78 is 46.3. The molecule has 0 bridgehead atoms. The van der Waals surface area contributed by atoms with Gasteiger partial charge in [-0.15, -0.1) is 0 Å². The van der Waals surface area contributed by atoms with Gasteiger partial charge >= 0.3 is 12.1 Å². The Morgan fingerprint density at radius 2 is 2.14 bits per heavy atom. The molecule has 1 saturated heterocycles. The summed E-state index contributed by atoms with van der Waals surface area (Å²) in [4.78, 5) is 18.0. The van der Waals surface area contributed by atoms with Gasteiger partial charge in [-0.25, -0.2) is 14.5 Å². The van der Waals surface area contributed by atoms with Gasteiger partial charge in [0.25, 0.3) is 0 Å². The summed E-state index contributed by atoms with van der Waals surface area (Å²) >= 11 is 0. The van der Waals surface area contributed by atoms with E-state index >= 15 is 0 Å². The maximum absolute atomic E-state index is 13.3. The molecule has 8 nitrogen and oxygen atoms in total. The Morgan fingerprint density at radius 1 is 1.31 bits per heavy atom. The number of aromatic nitrogens is 3. The van der Waals surface area contributed by atoms with Crippen molar-refractivity contribution in [3.8, 4) is 11.9 Å². The molecular weight excluding hydrogens is 461 g/mol. The first kappa shape index (κ1) is 23.0. The zero-order chi connectivity index (χ0) is 24.7. The van der Waals surface area contributed by atoms with E-state index in [-0.39, 0.29) is 17.8 Å². The number of alkyl halides is 3. The summed E-state index contributed by atoms with van der Waals surface area (Å²) in [5.41, 5.74) is 2.98. The number of nitriles is 1. The highest BCUT2D eigenvalue weighted by atomic mass is 19.4. The van der Waals surface area contributed by atoms with Crippen molar-refractivity contribution in [2.24, 2.45) is 0 Å². The van der Waals surface area contributed by atoms with Crippen LogP contribution in [0, 0.1) is 18.3 Å². The lowest BCUT2D eigenvalue weighted by Crippen LogP contribution is -2.45. The molecule has 35 heavy (non-hydrogen) atoms. The predicted octanol–water partition coefficient (Wildman–Crippen LogP) is 3.28. The first-order valence-corrected chi connectivity index (χ1v) is 11.0. The van der Waals surface area contributed by atoms with Crippen molar-refractivity contribution in [3.63, 3.8) is 0 Å². The van der Waals surface area contributed by atoms with Gasteiger partial charge in [-0.05, 0) is 30.2 Å². The predicted molar refractivity (Wildman–Crippen MR) is 117 cm³/mol. The SMILES string of the molecule is Cc1c([C@@H]2CN(Cc3cnn(-c4cc(C(F)(F)F)c(C#N)cn4)c3)CCN2)ccc2c1COC2=O. The molecule has 0 saturated carbocycles. The van der Waals surface area contributed by atoms with Crippen molar-refractivity contribution < 1.29 is 22.7 Å². The van der Waals surface area contributed by atoms with Gasteiger partial charge in [0, 0.05) is 55.7 Å². The lowest BCUT2D eigenvalue weighted by molar-refractivity contribution is -0.137. The standard InChI is InChI=1S/C24H21F3N6O2/c1-14-17(2-3-18-19(14)13-35-23(18)34)21-12-32(5-4-29-21)10-15-8-31-33(11-15)22-6-20(24(25,26)27)16(7-28)9-30-22/h2-3,6,8-9,11,21,29H,4-5,10,12-13H2,1H3/t21-/m0/s1. The molecule has 0 radical (unpaired) electrons. The van der Waals surface area contributed by atoms with Crippen LogP contribution < -0.4 is 5.32 Å². The number of esters is 1. The molecule has 2 aliphatic rings. The Kier molecular flexibility index (Phi) is 5.78. The van der Waals surface area contributed by atoms with Crippen molar-refractivity contribution in [1.29, 1.82) is 5.26 Å². The topological polar surface area (TPSA) is 96.1 Å². The largest absolute Gasteiger partial charge is 0.457 e. The molecule has 180 valence electrons. The number of pyridine rings is 1. The Balaban J connectivity index is 1.32. The fraction of sp³-hybridized carbons (Fsp3) is 0.333. The number of hydrogen-bond acceptors (Lipinski definition) is 7. The van der Waals surface area contributed by atoms with Crippen LogP contribution in [0.2, 0.25) is 0 Å². The van der Waals surface area contributed by atoms with E-state index in [2.05, 4.69) is 20.3 Å². The molecular formula is C24H21F3N6O2. The van der Waals surface area contributed by atoms with Crippen LogP contribution in [0.4, 0.5) is 13.2 Å². The lowest BCUT2D eigenvalue weighted by Gasteiger charge is -2.34. The van der Waals surface area contributed by atoms with Gasteiger partial charge in [0.1, 0.15) is 12.7 Å². The van der Waals surface area contributed by atoms with Crippen molar-refractivity contribution in [1.82, 2.24) is 25.0 Å². The van der Waals surface area contributed by atoms with E-state index < -0.39 is 17.3 Å². The Labute approximate surface area is 198 Å². The average molecular weight is 482 g/mol. The highest BCUT2D eigenvalue weighted by molar-refractivity contribution is 5.94. The van der Waals surface area contributed by atoms with Crippen molar-refractivity contribution in [3.05, 3.63) is 75.7 Å². The highest BCUT2D eigenvalue weighted by Crippen LogP contribution is 2.33. The molecule has 5 rings (SSSR count). The second kappa shape index (κ2) is 8.79. The summed E-state index contributed by atoms with van der Waals surface area (Å²) in [6.45, 7) is 5.13. The number of carbonyl (C=O) groups is 1. The quantitative estimate of drug-likeness (QED) is 0.570. The number of carbonyl (C=O) groups excluding carboxylic acids is 1. The number of fused-ring (bicyclic) bond motifs is 1. The number of rotatable bonds is 4. The summed E-state index contributed by atoms with van der Waals surface area (Å²) in [5.74, 6) is -0.296. The van der Waals surface area contributed by atoms with E-state index in [1.807, 2.05) is 19.1 Å². The van der Waals surface area contributed by atoms with Crippen LogP contribution in [0.25, 0.3) is 5.82 Å². The Morgan fingerprint density at radius 3 is 2.91 bits per heavy atom. The van der Waals surface area contributed by atoms with Gasteiger partial charge in [0.05, 0.1) is 22.9 Å². The highest BCUT2D eigenvalue weighted by Gasteiger charge is 2.34. The summed E-state index contributed by atoms with van der Waals surface area (Å²) in [7, 11) is 0. The van der Waals surface area contributed by atoms with Crippen LogP contribution >= 0.6 is 0 Å². The minimum atomic E-state index is -4.66. The zero-order valence-electron chi connectivity index (χ0n) is 18.8. The van der Waals surface area contributed by atoms with E-state index in [9.17, 15) is 18.0 Å². The summed E-state index contributed by atoms with van der Waals surface area (Å²) in [5, 5.41) is 16.7. The molecule has 4 heterocycles. The average Bonchev–Trinajstić information content (AvgIpc) is 3.46. The minimum Gasteiger partial charge on any atom is -0.457 e. The third-order valence-electron chi connectivity index (χ3n) is 6.44. The van der Waals surface area contributed by atoms with Crippen LogP contribution in [0.1, 0.15) is 49.8 Å². The fourth-order valence-corrected chi connectivity index (χ4v) is 4.63. The monoisotopic (exact) mass is 482 g/mol. The molecule has 3 aromatic rings. The molecule has 2 aromatic heterocycles. The van der Waals surface area contributed by atoms with Gasteiger partial charge in [0.2, 0.25) is 0 Å². The molecule has 0 spiro atoms.